The van der Waals surface area contributed by atoms with Crippen molar-refractivity contribution in [2.75, 3.05) is 13.1 Å². The molecule has 1 rings (SSSR count). The molecule has 0 aliphatic heterocycles. The summed E-state index contributed by atoms with van der Waals surface area (Å²) in [7, 11) is 0. The van der Waals surface area contributed by atoms with Gasteiger partial charge < -0.3 is 10.6 Å². The molecule has 1 unspecified atom stereocenters. The van der Waals surface area contributed by atoms with Gasteiger partial charge in [-0.05, 0) is 33.3 Å². The normalized spacial score (nSPS) is 13.5. The molecular formula is C16H23F2N3. The lowest BCUT2D eigenvalue weighted by atomic mass is 10.1. The van der Waals surface area contributed by atoms with Crippen LogP contribution < -0.4 is 10.6 Å². The van der Waals surface area contributed by atoms with Crippen molar-refractivity contribution in [1.29, 1.82) is 0 Å². The minimum absolute atomic E-state index is 0.301. The molecule has 0 saturated carbocycles. The molecule has 21 heavy (non-hydrogen) atoms. The van der Waals surface area contributed by atoms with Crippen LogP contribution >= 0.6 is 0 Å². The second-order valence-electron chi connectivity index (χ2n) is 4.65. The first-order valence-corrected chi connectivity index (χ1v) is 7.19. The van der Waals surface area contributed by atoms with Crippen LogP contribution in [0, 0.1) is 11.6 Å². The van der Waals surface area contributed by atoms with Crippen molar-refractivity contribution in [3.63, 3.8) is 0 Å². The number of allylic oxidation sites excluding steroid dienone is 1. The fourth-order valence-corrected chi connectivity index (χ4v) is 1.87. The van der Waals surface area contributed by atoms with Gasteiger partial charge in [-0.1, -0.05) is 18.2 Å². The van der Waals surface area contributed by atoms with E-state index in [0.717, 1.165) is 12.5 Å². The van der Waals surface area contributed by atoms with E-state index in [1.54, 1.807) is 0 Å². The Morgan fingerprint density at radius 3 is 2.76 bits per heavy atom. The number of nitrogens with zero attached hydrogens (tertiary/aromatic N) is 1. The third-order valence-corrected chi connectivity index (χ3v) is 2.93. The summed E-state index contributed by atoms with van der Waals surface area (Å²) in [6, 6.07) is 3.30. The van der Waals surface area contributed by atoms with Crippen molar-refractivity contribution in [2.45, 2.75) is 33.2 Å². The molecule has 0 aromatic heterocycles. The van der Waals surface area contributed by atoms with Gasteiger partial charge >= 0.3 is 0 Å². The number of aliphatic imine (C=N–C) groups is 1. The lowest BCUT2D eigenvalue weighted by Crippen LogP contribution is -2.39. The maximum atomic E-state index is 13.7. The summed E-state index contributed by atoms with van der Waals surface area (Å²) in [4.78, 5) is 4.41. The van der Waals surface area contributed by atoms with Gasteiger partial charge in [0.2, 0.25) is 0 Å². The van der Waals surface area contributed by atoms with Gasteiger partial charge in [-0.15, -0.1) is 0 Å². The van der Waals surface area contributed by atoms with Crippen LogP contribution in [0.15, 0.2) is 35.3 Å². The van der Waals surface area contributed by atoms with Crippen molar-refractivity contribution in [3.8, 4) is 0 Å². The Bertz CT molecular complexity index is 498. The second-order valence-corrected chi connectivity index (χ2v) is 4.65. The average Bonchev–Trinajstić information content (AvgIpc) is 2.43. The largest absolute Gasteiger partial charge is 0.357 e. The first kappa shape index (κ1) is 17.1. The molecule has 0 spiro atoms. The van der Waals surface area contributed by atoms with E-state index in [9.17, 15) is 8.78 Å². The van der Waals surface area contributed by atoms with E-state index in [2.05, 4.69) is 15.6 Å². The molecule has 1 aromatic carbocycles. The van der Waals surface area contributed by atoms with Crippen LogP contribution in [0.3, 0.4) is 0 Å². The number of hydrogen-bond acceptors (Lipinski definition) is 1. The minimum atomic E-state index is -0.574. The van der Waals surface area contributed by atoms with Crippen LogP contribution in [-0.2, 0) is 0 Å². The van der Waals surface area contributed by atoms with Gasteiger partial charge in [0, 0.05) is 24.7 Å². The molecule has 5 heteroatoms. The predicted octanol–water partition coefficient (Wildman–Crippen LogP) is 3.55. The third kappa shape index (κ3) is 5.94. The molecule has 0 fully saturated rings. The topological polar surface area (TPSA) is 36.4 Å². The number of hydrogen-bond donors (Lipinski definition) is 2. The van der Waals surface area contributed by atoms with E-state index < -0.39 is 11.6 Å². The summed E-state index contributed by atoms with van der Waals surface area (Å²) in [6.07, 6.45) is 4.87. The second kappa shape index (κ2) is 9.10. The SMILES string of the molecule is C/C=C/CCN=C(NCC)NC(C)c1ccc(F)cc1F. The van der Waals surface area contributed by atoms with Gasteiger partial charge in [0.25, 0.3) is 0 Å². The molecule has 0 aliphatic carbocycles. The highest BCUT2D eigenvalue weighted by Gasteiger charge is 2.12. The fraction of sp³-hybridized carbons (Fsp3) is 0.438. The predicted molar refractivity (Wildman–Crippen MR) is 83.3 cm³/mol. The summed E-state index contributed by atoms with van der Waals surface area (Å²) in [5, 5.41) is 6.23. The lowest BCUT2D eigenvalue weighted by molar-refractivity contribution is 0.551. The molecule has 1 atom stereocenters. The third-order valence-electron chi connectivity index (χ3n) is 2.93. The number of rotatable bonds is 6. The number of nitrogens with one attached hydrogen (secondary N) is 2. The fourth-order valence-electron chi connectivity index (χ4n) is 1.87. The van der Waals surface area contributed by atoms with Gasteiger partial charge in [0.1, 0.15) is 11.6 Å². The van der Waals surface area contributed by atoms with Crippen LogP contribution in [0.25, 0.3) is 0 Å². The van der Waals surface area contributed by atoms with Gasteiger partial charge in [-0.25, -0.2) is 8.78 Å². The summed E-state index contributed by atoms with van der Waals surface area (Å²) < 4.78 is 26.7. The van der Waals surface area contributed by atoms with Gasteiger partial charge in [-0.3, -0.25) is 4.99 Å². The molecule has 0 saturated heterocycles. The highest BCUT2D eigenvalue weighted by atomic mass is 19.1. The Morgan fingerprint density at radius 1 is 1.38 bits per heavy atom. The Labute approximate surface area is 125 Å². The number of benzene rings is 1. The average molecular weight is 295 g/mol. The first-order chi connectivity index (χ1) is 10.1. The molecule has 3 nitrogen and oxygen atoms in total. The molecule has 0 amide bonds. The zero-order valence-electron chi connectivity index (χ0n) is 12.8. The van der Waals surface area contributed by atoms with Crippen molar-refractivity contribution >= 4 is 5.96 Å². The summed E-state index contributed by atoms with van der Waals surface area (Å²) >= 11 is 0. The smallest absolute Gasteiger partial charge is 0.191 e. The van der Waals surface area contributed by atoms with Crippen LogP contribution in [0.1, 0.15) is 38.8 Å². The summed E-state index contributed by atoms with van der Waals surface area (Å²) in [6.45, 7) is 7.11. The first-order valence-electron chi connectivity index (χ1n) is 7.19. The Hall–Kier alpha value is -1.91. The van der Waals surface area contributed by atoms with Crippen molar-refractivity contribution in [3.05, 3.63) is 47.5 Å². The highest BCUT2D eigenvalue weighted by molar-refractivity contribution is 5.80. The van der Waals surface area contributed by atoms with Crippen molar-refractivity contribution in [2.24, 2.45) is 4.99 Å². The van der Waals surface area contributed by atoms with E-state index in [1.165, 1.54) is 12.1 Å². The molecule has 0 radical (unpaired) electrons. The maximum absolute atomic E-state index is 13.7. The lowest BCUT2D eigenvalue weighted by Gasteiger charge is -2.18. The van der Waals surface area contributed by atoms with Gasteiger partial charge in [0.15, 0.2) is 5.96 Å². The molecule has 0 heterocycles. The Balaban J connectivity index is 2.73. The molecule has 1 aromatic rings. The van der Waals surface area contributed by atoms with Crippen LogP contribution in [0.5, 0.6) is 0 Å². The van der Waals surface area contributed by atoms with E-state index in [4.69, 9.17) is 0 Å². The van der Waals surface area contributed by atoms with E-state index in [0.29, 0.717) is 24.6 Å². The van der Waals surface area contributed by atoms with E-state index >= 15 is 0 Å². The van der Waals surface area contributed by atoms with Crippen LogP contribution in [0.4, 0.5) is 8.78 Å². The molecule has 0 aliphatic rings. The maximum Gasteiger partial charge on any atom is 0.191 e. The Kier molecular flexibility index (Phi) is 7.43. The standard InChI is InChI=1S/C16H23F2N3/c1-4-6-7-10-20-16(19-5-2)21-12(3)14-9-8-13(17)11-15(14)18/h4,6,8-9,11-12H,5,7,10H2,1-3H3,(H2,19,20,21)/b6-4+. The van der Waals surface area contributed by atoms with E-state index in [1.807, 2.05) is 32.9 Å². The highest BCUT2D eigenvalue weighted by Crippen LogP contribution is 2.17. The molecule has 116 valence electrons. The van der Waals surface area contributed by atoms with Crippen molar-refractivity contribution in [1.82, 2.24) is 10.6 Å². The van der Waals surface area contributed by atoms with Crippen molar-refractivity contribution < 1.29 is 8.78 Å². The van der Waals surface area contributed by atoms with E-state index in [-0.39, 0.29) is 6.04 Å². The molecular weight excluding hydrogens is 272 g/mol. The van der Waals surface area contributed by atoms with Crippen LogP contribution in [-0.4, -0.2) is 19.0 Å². The zero-order chi connectivity index (χ0) is 15.7. The summed E-state index contributed by atoms with van der Waals surface area (Å²) in [5.74, 6) is -0.506. The molecule has 0 bridgehead atoms. The number of halogens is 2. The van der Waals surface area contributed by atoms with Crippen LogP contribution in [0.2, 0.25) is 0 Å². The quantitative estimate of drug-likeness (QED) is 0.364. The Morgan fingerprint density at radius 2 is 2.14 bits per heavy atom. The molecule has 2 N–H and O–H groups in total. The monoisotopic (exact) mass is 295 g/mol. The number of guanidine groups is 1. The van der Waals surface area contributed by atoms with Gasteiger partial charge in [0.05, 0.1) is 6.04 Å². The minimum Gasteiger partial charge on any atom is -0.357 e. The summed E-state index contributed by atoms with van der Waals surface area (Å²) in [5.41, 5.74) is 0.412. The van der Waals surface area contributed by atoms with Gasteiger partial charge in [-0.2, -0.15) is 0 Å². The zero-order valence-corrected chi connectivity index (χ0v) is 12.8.